The van der Waals surface area contributed by atoms with Gasteiger partial charge in [-0.2, -0.15) is 30.3 Å². The summed E-state index contributed by atoms with van der Waals surface area (Å²) in [6, 6.07) is 20.3. The van der Waals surface area contributed by atoms with Crippen molar-refractivity contribution in [3.05, 3.63) is 71.3 Å². The molecule has 0 unspecified atom stereocenters. The first-order valence-electron chi connectivity index (χ1n) is 6.16. The Morgan fingerprint density at radius 3 is 2.47 bits per heavy atom. The van der Waals surface area contributed by atoms with Crippen LogP contribution in [0.2, 0.25) is 0 Å². The summed E-state index contributed by atoms with van der Waals surface area (Å²) in [5.74, 6) is 0. The fourth-order valence-electron chi connectivity index (χ4n) is 2.46. The Labute approximate surface area is 141 Å². The van der Waals surface area contributed by atoms with E-state index in [9.17, 15) is 0 Å². The van der Waals surface area contributed by atoms with Gasteiger partial charge in [0.2, 0.25) is 0 Å². The van der Waals surface area contributed by atoms with Crippen molar-refractivity contribution in [3.8, 4) is 0 Å². The number of rotatable bonds is 2. The van der Waals surface area contributed by atoms with Gasteiger partial charge in [-0.3, -0.25) is 4.90 Å². The number of hydrogen-bond acceptors (Lipinski definition) is 1. The van der Waals surface area contributed by atoms with Gasteiger partial charge in [0, 0.05) is 19.6 Å². The minimum absolute atomic E-state index is 0. The summed E-state index contributed by atoms with van der Waals surface area (Å²) >= 11 is 0. The van der Waals surface area contributed by atoms with Crippen molar-refractivity contribution < 1.29 is 17.0 Å². The number of halogens is 1. The van der Waals surface area contributed by atoms with Crippen molar-refractivity contribution in [1.29, 1.82) is 0 Å². The Kier molecular flexibility index (Phi) is 7.08. The van der Waals surface area contributed by atoms with Crippen molar-refractivity contribution in [3.63, 3.8) is 0 Å². The van der Waals surface area contributed by atoms with Gasteiger partial charge in [0.1, 0.15) is 0 Å². The Hall–Kier alpha value is -0.354. The normalized spacial score (nSPS) is 13.9. The quantitative estimate of drug-likeness (QED) is 0.540. The van der Waals surface area contributed by atoms with Gasteiger partial charge in [-0.15, -0.1) is 5.56 Å². The third-order valence-electron chi connectivity index (χ3n) is 3.38. The van der Waals surface area contributed by atoms with E-state index in [1.54, 1.807) is 0 Å². The average molecular weight is 327 g/mol. The van der Waals surface area contributed by atoms with Gasteiger partial charge < -0.3 is 17.0 Å². The second kappa shape index (κ2) is 8.05. The monoisotopic (exact) mass is 325 g/mol. The van der Waals surface area contributed by atoms with Crippen LogP contribution in [-0.4, -0.2) is 34.5 Å². The van der Waals surface area contributed by atoms with E-state index in [2.05, 4.69) is 47.4 Å². The summed E-state index contributed by atoms with van der Waals surface area (Å²) in [5, 5.41) is 0. The van der Waals surface area contributed by atoms with Gasteiger partial charge in [-0.05, 0) is 17.5 Å². The summed E-state index contributed by atoms with van der Waals surface area (Å²) in [4.78, 5) is 2.49. The van der Waals surface area contributed by atoms with Crippen molar-refractivity contribution >= 4 is 23.1 Å². The van der Waals surface area contributed by atoms with Gasteiger partial charge in [0.25, 0.3) is 0 Å². The Balaban J connectivity index is 0.000000902. The molecule has 0 saturated heterocycles. The van der Waals surface area contributed by atoms with Crippen molar-refractivity contribution in [1.82, 2.24) is 4.90 Å². The molecule has 0 bridgehead atoms. The fraction of sp³-hybridized carbons (Fsp3) is 0.250. The van der Waals surface area contributed by atoms with Crippen molar-refractivity contribution in [2.24, 2.45) is 0 Å². The van der Waals surface area contributed by atoms with Crippen LogP contribution in [0.4, 0.5) is 0 Å². The molecule has 2 aromatic rings. The first-order chi connectivity index (χ1) is 8.42. The molecule has 0 aliphatic carbocycles. The van der Waals surface area contributed by atoms with Gasteiger partial charge >= 0.3 is 23.1 Å². The van der Waals surface area contributed by atoms with Crippen LogP contribution in [0.3, 0.4) is 0 Å². The van der Waals surface area contributed by atoms with Crippen LogP contribution in [-0.2, 0) is 19.5 Å². The van der Waals surface area contributed by atoms with Gasteiger partial charge in [0.15, 0.2) is 0 Å². The van der Waals surface area contributed by atoms with E-state index < -0.39 is 0 Å². The van der Waals surface area contributed by atoms with Crippen LogP contribution in [0, 0.1) is 6.07 Å². The molecule has 0 fully saturated rings. The Morgan fingerprint density at radius 1 is 1.00 bits per heavy atom. The molecule has 94 valence electrons. The van der Waals surface area contributed by atoms with Crippen LogP contribution < -0.4 is 17.0 Å². The van der Waals surface area contributed by atoms with Gasteiger partial charge in [0.05, 0.1) is 0 Å². The smallest absolute Gasteiger partial charge is 1.00 e. The van der Waals surface area contributed by atoms with E-state index >= 15 is 0 Å². The number of nitrogens with zero attached hydrogens (tertiary/aromatic N) is 1. The van der Waals surface area contributed by atoms with Crippen LogP contribution in [0.5, 0.6) is 0 Å². The first-order valence-corrected chi connectivity index (χ1v) is 6.16. The van der Waals surface area contributed by atoms with Gasteiger partial charge in [-0.25, -0.2) is 0 Å². The van der Waals surface area contributed by atoms with Gasteiger partial charge in [-0.1, -0.05) is 24.3 Å². The molecule has 3 heteroatoms. The summed E-state index contributed by atoms with van der Waals surface area (Å²) < 4.78 is 0. The maximum atomic E-state index is 3.30. The number of hydrogen-bond donors (Lipinski definition) is 0. The predicted octanol–water partition coefficient (Wildman–Crippen LogP) is -0.332. The molecule has 0 atom stereocenters. The van der Waals surface area contributed by atoms with E-state index in [1.165, 1.54) is 23.1 Å². The van der Waals surface area contributed by atoms with E-state index in [0.29, 0.717) is 0 Å². The molecule has 2 aromatic carbocycles. The Morgan fingerprint density at radius 2 is 1.74 bits per heavy atom. The topological polar surface area (TPSA) is 3.24 Å². The van der Waals surface area contributed by atoms with Crippen molar-refractivity contribution in [2.75, 3.05) is 6.54 Å². The molecule has 3 rings (SSSR count). The molecule has 0 amide bonds. The minimum Gasteiger partial charge on any atom is -1.00 e. The van der Waals surface area contributed by atoms with Crippen LogP contribution in [0.1, 0.15) is 16.7 Å². The number of benzene rings is 2. The second-order valence-electron chi connectivity index (χ2n) is 4.62. The van der Waals surface area contributed by atoms with Crippen molar-refractivity contribution in [2.45, 2.75) is 19.5 Å². The van der Waals surface area contributed by atoms with E-state index in [1.807, 2.05) is 12.1 Å². The zero-order chi connectivity index (χ0) is 11.5. The summed E-state index contributed by atoms with van der Waals surface area (Å²) in [6.07, 6.45) is 1.17. The summed E-state index contributed by atoms with van der Waals surface area (Å²) in [6.45, 7) is 3.23. The molecule has 0 aromatic heterocycles. The summed E-state index contributed by atoms with van der Waals surface area (Å²) in [5.41, 5.74) is 4.28. The molecular weight excluding hydrogens is 310 g/mol. The standard InChI is InChI=1S/C16H16N.BrH.Mg/c1-2-6-14(7-3-1)12-17-11-10-15-8-4-5-9-16(15)13-17;;/h1-6,8-9H,10-13H2;1H;/q-1;;+2/p-1. The molecule has 0 N–H and O–H groups in total. The molecule has 1 heterocycles. The molecule has 0 saturated carbocycles. The third kappa shape index (κ3) is 4.31. The molecule has 1 aliphatic rings. The third-order valence-corrected chi connectivity index (χ3v) is 3.38. The van der Waals surface area contributed by atoms with Crippen LogP contribution >= 0.6 is 0 Å². The predicted molar refractivity (Wildman–Crippen MR) is 75.3 cm³/mol. The van der Waals surface area contributed by atoms with Crippen LogP contribution in [0.15, 0.2) is 48.5 Å². The van der Waals surface area contributed by atoms with Crippen LogP contribution in [0.25, 0.3) is 0 Å². The SMILES string of the molecule is [Br-].[Mg+2].[c-]1ccccc1CN1CCc2ccccc2C1. The van der Waals surface area contributed by atoms with E-state index in [0.717, 1.165) is 19.6 Å². The zero-order valence-electron chi connectivity index (χ0n) is 11.0. The molecule has 1 aliphatic heterocycles. The fourth-order valence-corrected chi connectivity index (χ4v) is 2.46. The average Bonchev–Trinajstić information content (AvgIpc) is 2.40. The Bertz CT molecular complexity index is 501. The molecule has 1 nitrogen and oxygen atoms in total. The maximum absolute atomic E-state index is 3.30. The largest absolute Gasteiger partial charge is 2.00 e. The van der Waals surface area contributed by atoms with E-state index in [4.69, 9.17) is 0 Å². The molecular formula is C16H16BrMgN. The van der Waals surface area contributed by atoms with E-state index in [-0.39, 0.29) is 40.0 Å². The number of fused-ring (bicyclic) bond motifs is 1. The molecule has 0 radical (unpaired) electrons. The maximum Gasteiger partial charge on any atom is 2.00 e. The summed E-state index contributed by atoms with van der Waals surface area (Å²) in [7, 11) is 0. The minimum atomic E-state index is 0. The second-order valence-corrected chi connectivity index (χ2v) is 4.62. The molecule has 19 heavy (non-hydrogen) atoms. The first kappa shape index (κ1) is 16.7. The molecule has 0 spiro atoms. The zero-order valence-corrected chi connectivity index (χ0v) is 14.0.